The lowest BCUT2D eigenvalue weighted by Gasteiger charge is -2.16. The summed E-state index contributed by atoms with van der Waals surface area (Å²) < 4.78 is 0. The highest BCUT2D eigenvalue weighted by Gasteiger charge is 2.18. The summed E-state index contributed by atoms with van der Waals surface area (Å²) in [6.45, 7) is 8.15. The lowest BCUT2D eigenvalue weighted by molar-refractivity contribution is 0.0943. The van der Waals surface area contributed by atoms with Gasteiger partial charge in [-0.1, -0.05) is 26.0 Å². The van der Waals surface area contributed by atoms with E-state index in [-0.39, 0.29) is 5.91 Å². The van der Waals surface area contributed by atoms with Crippen LogP contribution in [0.1, 0.15) is 49.5 Å². The van der Waals surface area contributed by atoms with Crippen LogP contribution in [-0.2, 0) is 0 Å². The minimum atomic E-state index is -0.536. The average molecular weight is 244 g/mol. The van der Waals surface area contributed by atoms with E-state index in [4.69, 9.17) is 5.26 Å². The second-order valence-electron chi connectivity index (χ2n) is 5.46. The SMILES string of the molecule is CC(C)c1cccc(C(=O)NCC(C)(C)C#N)c1. The van der Waals surface area contributed by atoms with Crippen LogP contribution in [0.4, 0.5) is 0 Å². The zero-order chi connectivity index (χ0) is 13.8. The second kappa shape index (κ2) is 5.68. The molecule has 0 heterocycles. The number of amides is 1. The number of nitrogens with zero attached hydrogens (tertiary/aromatic N) is 1. The van der Waals surface area contributed by atoms with Gasteiger partial charge >= 0.3 is 0 Å². The molecule has 3 heteroatoms. The third-order valence-electron chi connectivity index (χ3n) is 2.81. The molecule has 1 rings (SSSR count). The Kier molecular flexibility index (Phi) is 4.49. The van der Waals surface area contributed by atoms with Crippen molar-refractivity contribution in [2.45, 2.75) is 33.6 Å². The summed E-state index contributed by atoms with van der Waals surface area (Å²) in [5.41, 5.74) is 1.25. The van der Waals surface area contributed by atoms with Crippen molar-refractivity contribution in [1.29, 1.82) is 5.26 Å². The number of rotatable bonds is 4. The quantitative estimate of drug-likeness (QED) is 0.884. The fraction of sp³-hybridized carbons (Fsp3) is 0.467. The molecular formula is C15H20N2O. The van der Waals surface area contributed by atoms with Crippen LogP contribution in [-0.4, -0.2) is 12.5 Å². The highest BCUT2D eigenvalue weighted by Crippen LogP contribution is 2.16. The predicted molar refractivity (Wildman–Crippen MR) is 72.3 cm³/mol. The Hall–Kier alpha value is -1.82. The fourth-order valence-corrected chi connectivity index (χ4v) is 1.48. The molecule has 1 aromatic rings. The van der Waals surface area contributed by atoms with Gasteiger partial charge in [-0.25, -0.2) is 0 Å². The molecule has 0 fully saturated rings. The number of carbonyl (C=O) groups is 1. The maximum Gasteiger partial charge on any atom is 0.251 e. The lowest BCUT2D eigenvalue weighted by atomic mass is 9.95. The average Bonchev–Trinajstić information content (AvgIpc) is 2.36. The van der Waals surface area contributed by atoms with Gasteiger partial charge in [0.05, 0.1) is 11.5 Å². The maximum absolute atomic E-state index is 12.0. The zero-order valence-electron chi connectivity index (χ0n) is 11.4. The molecule has 0 aliphatic carbocycles. The minimum absolute atomic E-state index is 0.124. The summed E-state index contributed by atoms with van der Waals surface area (Å²) in [5.74, 6) is 0.272. The molecule has 0 bridgehead atoms. The molecule has 0 aliphatic heterocycles. The van der Waals surface area contributed by atoms with E-state index in [1.807, 2.05) is 18.2 Å². The standard InChI is InChI=1S/C15H20N2O/c1-11(2)12-6-5-7-13(8-12)14(18)17-10-15(3,4)9-16/h5-8,11H,10H2,1-4H3,(H,17,18). The van der Waals surface area contributed by atoms with Gasteiger partial charge in [0.15, 0.2) is 0 Å². The first-order valence-corrected chi connectivity index (χ1v) is 6.15. The van der Waals surface area contributed by atoms with Crippen molar-refractivity contribution in [2.75, 3.05) is 6.54 Å². The van der Waals surface area contributed by atoms with Gasteiger partial charge < -0.3 is 5.32 Å². The smallest absolute Gasteiger partial charge is 0.251 e. The maximum atomic E-state index is 12.0. The van der Waals surface area contributed by atoms with Crippen molar-refractivity contribution >= 4 is 5.91 Å². The molecule has 0 atom stereocenters. The van der Waals surface area contributed by atoms with E-state index in [0.717, 1.165) is 5.56 Å². The van der Waals surface area contributed by atoms with E-state index in [0.29, 0.717) is 18.0 Å². The lowest BCUT2D eigenvalue weighted by Crippen LogP contribution is -2.33. The van der Waals surface area contributed by atoms with Gasteiger partial charge in [-0.2, -0.15) is 5.26 Å². The first kappa shape index (κ1) is 14.2. The Balaban J connectivity index is 2.74. The summed E-state index contributed by atoms with van der Waals surface area (Å²) >= 11 is 0. The van der Waals surface area contributed by atoms with Crippen LogP contribution in [0.3, 0.4) is 0 Å². The largest absolute Gasteiger partial charge is 0.350 e. The molecule has 0 saturated carbocycles. The molecule has 0 radical (unpaired) electrons. The number of nitrogens with one attached hydrogen (secondary N) is 1. The summed E-state index contributed by atoms with van der Waals surface area (Å²) in [7, 11) is 0. The van der Waals surface area contributed by atoms with Gasteiger partial charge in [-0.15, -0.1) is 0 Å². The number of hydrogen-bond acceptors (Lipinski definition) is 2. The molecule has 1 N–H and O–H groups in total. The highest BCUT2D eigenvalue weighted by atomic mass is 16.1. The van der Waals surface area contributed by atoms with Crippen molar-refractivity contribution < 1.29 is 4.79 Å². The topological polar surface area (TPSA) is 52.9 Å². The van der Waals surface area contributed by atoms with Crippen molar-refractivity contribution in [3.8, 4) is 6.07 Å². The van der Waals surface area contributed by atoms with Crippen LogP contribution in [0.25, 0.3) is 0 Å². The Labute approximate surface area is 109 Å². The molecule has 18 heavy (non-hydrogen) atoms. The summed E-state index contributed by atoms with van der Waals surface area (Å²) in [6.07, 6.45) is 0. The van der Waals surface area contributed by atoms with Gasteiger partial charge in [0, 0.05) is 12.1 Å². The Morgan fingerprint density at radius 2 is 2.11 bits per heavy atom. The van der Waals surface area contributed by atoms with Gasteiger partial charge in [-0.05, 0) is 37.5 Å². The molecule has 0 aromatic heterocycles. The van der Waals surface area contributed by atoms with Crippen molar-refractivity contribution in [3.63, 3.8) is 0 Å². The first-order chi connectivity index (χ1) is 8.35. The van der Waals surface area contributed by atoms with Gasteiger partial charge in [0.2, 0.25) is 0 Å². The second-order valence-corrected chi connectivity index (χ2v) is 5.46. The van der Waals surface area contributed by atoms with E-state index in [9.17, 15) is 4.79 Å². The van der Waals surface area contributed by atoms with E-state index in [1.54, 1.807) is 19.9 Å². The van der Waals surface area contributed by atoms with Crippen LogP contribution in [0.5, 0.6) is 0 Å². The minimum Gasteiger partial charge on any atom is -0.350 e. The molecule has 3 nitrogen and oxygen atoms in total. The van der Waals surface area contributed by atoms with Crippen LogP contribution in [0.15, 0.2) is 24.3 Å². The van der Waals surface area contributed by atoms with Crippen molar-refractivity contribution in [1.82, 2.24) is 5.32 Å². The van der Waals surface area contributed by atoms with Crippen LogP contribution < -0.4 is 5.32 Å². The number of hydrogen-bond donors (Lipinski definition) is 1. The van der Waals surface area contributed by atoms with Gasteiger partial charge in [-0.3, -0.25) is 4.79 Å². The molecule has 96 valence electrons. The molecule has 0 unspecified atom stereocenters. The van der Waals surface area contributed by atoms with E-state index in [1.165, 1.54) is 0 Å². The summed E-state index contributed by atoms with van der Waals surface area (Å²) in [4.78, 5) is 12.0. The fourth-order valence-electron chi connectivity index (χ4n) is 1.48. The molecular weight excluding hydrogens is 224 g/mol. The van der Waals surface area contributed by atoms with Crippen LogP contribution in [0.2, 0.25) is 0 Å². The first-order valence-electron chi connectivity index (χ1n) is 6.15. The number of nitriles is 1. The van der Waals surface area contributed by atoms with Gasteiger partial charge in [0.25, 0.3) is 5.91 Å². The molecule has 1 amide bonds. The van der Waals surface area contributed by atoms with Crippen LogP contribution in [0, 0.1) is 16.7 Å². The van der Waals surface area contributed by atoms with E-state index < -0.39 is 5.41 Å². The third-order valence-corrected chi connectivity index (χ3v) is 2.81. The number of carbonyl (C=O) groups excluding carboxylic acids is 1. The monoisotopic (exact) mass is 244 g/mol. The van der Waals surface area contributed by atoms with Crippen molar-refractivity contribution in [3.05, 3.63) is 35.4 Å². The zero-order valence-corrected chi connectivity index (χ0v) is 11.4. The Morgan fingerprint density at radius 3 is 2.67 bits per heavy atom. The number of benzene rings is 1. The van der Waals surface area contributed by atoms with E-state index >= 15 is 0 Å². The molecule has 0 spiro atoms. The molecule has 1 aromatic carbocycles. The predicted octanol–water partition coefficient (Wildman–Crippen LogP) is 3.09. The third kappa shape index (κ3) is 3.89. The Bertz CT molecular complexity index is 470. The highest BCUT2D eigenvalue weighted by molar-refractivity contribution is 5.94. The van der Waals surface area contributed by atoms with E-state index in [2.05, 4.69) is 25.2 Å². The summed E-state index contributed by atoms with van der Waals surface area (Å²) in [6, 6.07) is 9.76. The summed E-state index contributed by atoms with van der Waals surface area (Å²) in [5, 5.41) is 11.7. The van der Waals surface area contributed by atoms with Gasteiger partial charge in [0.1, 0.15) is 0 Å². The molecule has 0 aliphatic rings. The van der Waals surface area contributed by atoms with Crippen LogP contribution >= 0.6 is 0 Å². The Morgan fingerprint density at radius 1 is 1.44 bits per heavy atom. The normalized spacial score (nSPS) is 11.1. The van der Waals surface area contributed by atoms with Crippen molar-refractivity contribution in [2.24, 2.45) is 5.41 Å². The molecule has 0 saturated heterocycles.